The molecule has 0 amide bonds. The summed E-state index contributed by atoms with van der Waals surface area (Å²) in [5.41, 5.74) is 0.690. The molecule has 2 N–H and O–H groups in total. The molecule has 0 saturated heterocycles. The van der Waals surface area contributed by atoms with Crippen LogP contribution in [0, 0.1) is 0 Å². The summed E-state index contributed by atoms with van der Waals surface area (Å²) in [6.45, 7) is 0. The normalized spacial score (nSPS) is 10.0. The summed E-state index contributed by atoms with van der Waals surface area (Å²) < 4.78 is 9.61. The molecule has 0 fully saturated rings. The molecule has 0 aliphatic carbocycles. The highest BCUT2D eigenvalue weighted by molar-refractivity contribution is 5.93. The smallest absolute Gasteiger partial charge is 0.341 e. The number of rotatable bonds is 6. The van der Waals surface area contributed by atoms with E-state index in [4.69, 9.17) is 9.84 Å². The molecule has 0 aromatic heterocycles. The number of phenols is 1. The van der Waals surface area contributed by atoms with Gasteiger partial charge in [0.15, 0.2) is 0 Å². The van der Waals surface area contributed by atoms with E-state index in [9.17, 15) is 14.7 Å². The second-order valence-electron chi connectivity index (χ2n) is 3.92. The molecule has 6 heteroatoms. The quantitative estimate of drug-likeness (QED) is 0.761. The maximum atomic E-state index is 11.6. The van der Waals surface area contributed by atoms with Crippen LogP contribution < -0.4 is 4.74 Å². The molecule has 0 radical (unpaired) electrons. The number of hydrogen-bond acceptors (Lipinski definition) is 5. The second kappa shape index (κ2) is 6.63. The third-order valence-electron chi connectivity index (χ3n) is 2.64. The number of aliphatic carboxylic acids is 1. The summed E-state index contributed by atoms with van der Waals surface area (Å²) >= 11 is 0. The van der Waals surface area contributed by atoms with Crippen molar-refractivity contribution in [3.8, 4) is 11.5 Å². The van der Waals surface area contributed by atoms with Gasteiger partial charge in [-0.3, -0.25) is 4.79 Å². The first-order valence-electron chi connectivity index (χ1n) is 5.69. The molecule has 0 atom stereocenters. The lowest BCUT2D eigenvalue weighted by atomic mass is 10.0. The lowest BCUT2D eigenvalue weighted by Crippen LogP contribution is -2.05. The SMILES string of the molecule is COC(=O)c1cc(CCCC(=O)O)c(O)cc1OC. The van der Waals surface area contributed by atoms with Gasteiger partial charge >= 0.3 is 11.9 Å². The first kappa shape index (κ1) is 14.8. The van der Waals surface area contributed by atoms with Gasteiger partial charge in [0.25, 0.3) is 0 Å². The van der Waals surface area contributed by atoms with Gasteiger partial charge in [-0.1, -0.05) is 0 Å². The van der Waals surface area contributed by atoms with Gasteiger partial charge in [0, 0.05) is 12.5 Å². The van der Waals surface area contributed by atoms with Crippen LogP contribution in [-0.4, -0.2) is 36.4 Å². The van der Waals surface area contributed by atoms with Crippen LogP contribution in [0.15, 0.2) is 12.1 Å². The van der Waals surface area contributed by atoms with Crippen molar-refractivity contribution in [1.82, 2.24) is 0 Å². The van der Waals surface area contributed by atoms with Crippen LogP contribution in [0.5, 0.6) is 11.5 Å². The number of carbonyl (C=O) groups excluding carboxylic acids is 1. The van der Waals surface area contributed by atoms with Gasteiger partial charge in [-0.2, -0.15) is 0 Å². The van der Waals surface area contributed by atoms with Gasteiger partial charge < -0.3 is 19.7 Å². The Kier molecular flexibility index (Phi) is 5.17. The van der Waals surface area contributed by atoms with Crippen molar-refractivity contribution in [1.29, 1.82) is 0 Å². The summed E-state index contributed by atoms with van der Waals surface area (Å²) in [6.07, 6.45) is 0.723. The van der Waals surface area contributed by atoms with Gasteiger partial charge in [0.2, 0.25) is 0 Å². The first-order valence-corrected chi connectivity index (χ1v) is 5.69. The minimum absolute atomic E-state index is 0.000966. The summed E-state index contributed by atoms with van der Waals surface area (Å²) in [7, 11) is 2.63. The Morgan fingerprint density at radius 1 is 1.26 bits per heavy atom. The van der Waals surface area contributed by atoms with Crippen LogP contribution in [0.25, 0.3) is 0 Å². The maximum Gasteiger partial charge on any atom is 0.341 e. The Morgan fingerprint density at radius 2 is 1.95 bits per heavy atom. The number of benzene rings is 1. The number of aromatic hydroxyl groups is 1. The van der Waals surface area contributed by atoms with E-state index < -0.39 is 11.9 Å². The van der Waals surface area contributed by atoms with Crippen molar-refractivity contribution in [3.05, 3.63) is 23.3 Å². The summed E-state index contributed by atoms with van der Waals surface area (Å²) in [5.74, 6) is -1.29. The van der Waals surface area contributed by atoms with Gasteiger partial charge in [-0.25, -0.2) is 4.79 Å². The predicted molar refractivity (Wildman–Crippen MR) is 66.6 cm³/mol. The number of carboxylic acid groups (broad SMARTS) is 1. The van der Waals surface area contributed by atoms with Crippen LogP contribution in [-0.2, 0) is 16.0 Å². The number of esters is 1. The largest absolute Gasteiger partial charge is 0.508 e. The molecule has 1 rings (SSSR count). The number of ether oxygens (including phenoxy) is 2. The third-order valence-corrected chi connectivity index (χ3v) is 2.64. The number of phenolic OH excluding ortho intramolecular Hbond substituents is 1. The first-order chi connectivity index (χ1) is 8.99. The maximum absolute atomic E-state index is 11.6. The highest BCUT2D eigenvalue weighted by Gasteiger charge is 2.16. The topological polar surface area (TPSA) is 93.1 Å². The van der Waals surface area contributed by atoms with E-state index in [1.54, 1.807) is 0 Å². The molecule has 1 aromatic carbocycles. The number of carboxylic acids is 1. The van der Waals surface area contributed by atoms with E-state index in [2.05, 4.69) is 4.74 Å². The fourth-order valence-corrected chi connectivity index (χ4v) is 1.68. The van der Waals surface area contributed by atoms with Crippen LogP contribution in [0.2, 0.25) is 0 Å². The Bertz CT molecular complexity index is 480. The molecule has 19 heavy (non-hydrogen) atoms. The molecule has 6 nitrogen and oxygen atoms in total. The van der Waals surface area contributed by atoms with Crippen LogP contribution in [0.4, 0.5) is 0 Å². The average Bonchev–Trinajstić information content (AvgIpc) is 2.38. The highest BCUT2D eigenvalue weighted by Crippen LogP contribution is 2.29. The number of aryl methyl sites for hydroxylation is 1. The van der Waals surface area contributed by atoms with Crippen LogP contribution in [0.1, 0.15) is 28.8 Å². The Labute approximate surface area is 110 Å². The molecule has 0 aliphatic rings. The van der Waals surface area contributed by atoms with Crippen molar-refractivity contribution in [2.75, 3.05) is 14.2 Å². The molecule has 0 saturated carbocycles. The van der Waals surface area contributed by atoms with E-state index in [0.29, 0.717) is 18.4 Å². The third kappa shape index (κ3) is 3.87. The molecular weight excluding hydrogens is 252 g/mol. The van der Waals surface area contributed by atoms with Crippen molar-refractivity contribution in [3.63, 3.8) is 0 Å². The number of methoxy groups -OCH3 is 2. The average molecular weight is 268 g/mol. The fourth-order valence-electron chi connectivity index (χ4n) is 1.68. The van der Waals surface area contributed by atoms with Crippen LogP contribution >= 0.6 is 0 Å². The molecule has 1 aromatic rings. The molecule has 0 unspecified atom stereocenters. The van der Waals surface area contributed by atoms with Gasteiger partial charge in [-0.05, 0) is 24.5 Å². The number of carbonyl (C=O) groups is 2. The molecule has 0 bridgehead atoms. The van der Waals surface area contributed by atoms with Crippen molar-refractivity contribution in [2.24, 2.45) is 0 Å². The Morgan fingerprint density at radius 3 is 2.47 bits per heavy atom. The standard InChI is InChI=1S/C13H16O6/c1-18-11-7-10(14)8(4-3-5-12(15)16)6-9(11)13(17)19-2/h6-7,14H,3-5H2,1-2H3,(H,15,16). The van der Waals surface area contributed by atoms with Gasteiger partial charge in [0.05, 0.1) is 14.2 Å². The lowest BCUT2D eigenvalue weighted by Gasteiger charge is -2.11. The van der Waals surface area contributed by atoms with E-state index in [0.717, 1.165) is 0 Å². The summed E-state index contributed by atoms with van der Waals surface area (Å²) in [6, 6.07) is 2.78. The van der Waals surface area contributed by atoms with E-state index in [1.165, 1.54) is 26.4 Å². The molecule has 104 valence electrons. The molecular formula is C13H16O6. The monoisotopic (exact) mass is 268 g/mol. The van der Waals surface area contributed by atoms with E-state index >= 15 is 0 Å². The second-order valence-corrected chi connectivity index (χ2v) is 3.92. The Hall–Kier alpha value is -2.24. The number of hydrogen-bond donors (Lipinski definition) is 2. The van der Waals surface area contributed by atoms with Crippen molar-refractivity contribution < 1.29 is 29.3 Å². The predicted octanol–water partition coefficient (Wildman–Crippen LogP) is 1.59. The summed E-state index contributed by atoms with van der Waals surface area (Å²) in [4.78, 5) is 22.0. The van der Waals surface area contributed by atoms with E-state index in [1.807, 2.05) is 0 Å². The lowest BCUT2D eigenvalue weighted by molar-refractivity contribution is -0.137. The minimum atomic E-state index is -0.902. The molecule has 0 spiro atoms. The zero-order valence-electron chi connectivity index (χ0n) is 10.8. The highest BCUT2D eigenvalue weighted by atomic mass is 16.5. The van der Waals surface area contributed by atoms with Crippen molar-refractivity contribution >= 4 is 11.9 Å². The fraction of sp³-hybridized carbons (Fsp3) is 0.385. The van der Waals surface area contributed by atoms with Crippen molar-refractivity contribution in [2.45, 2.75) is 19.3 Å². The summed E-state index contributed by atoms with van der Waals surface area (Å²) in [5, 5.41) is 18.4. The minimum Gasteiger partial charge on any atom is -0.508 e. The molecule has 0 heterocycles. The van der Waals surface area contributed by atoms with Gasteiger partial charge in [0.1, 0.15) is 17.1 Å². The Balaban J connectivity index is 2.98. The molecule has 0 aliphatic heterocycles. The zero-order valence-corrected chi connectivity index (χ0v) is 10.8. The zero-order chi connectivity index (χ0) is 14.4. The van der Waals surface area contributed by atoms with Gasteiger partial charge in [-0.15, -0.1) is 0 Å². The van der Waals surface area contributed by atoms with Crippen LogP contribution in [0.3, 0.4) is 0 Å². The van der Waals surface area contributed by atoms with E-state index in [-0.39, 0.29) is 23.5 Å².